The molecule has 4 N–H and O–H groups in total. The van der Waals surface area contributed by atoms with Crippen LogP contribution in [0.15, 0.2) is 40.9 Å². The quantitative estimate of drug-likeness (QED) is 0.0616. The molecule has 59 heavy (non-hydrogen) atoms. The lowest BCUT2D eigenvalue weighted by Gasteiger charge is -2.26. The van der Waals surface area contributed by atoms with E-state index < -0.39 is 90.1 Å². The van der Waals surface area contributed by atoms with Crippen LogP contribution >= 0.6 is 46.5 Å². The van der Waals surface area contributed by atoms with E-state index in [2.05, 4.69) is 36.5 Å². The smallest absolute Gasteiger partial charge is 0.445 e. The predicted molar refractivity (Wildman–Crippen MR) is 199 cm³/mol. The van der Waals surface area contributed by atoms with E-state index in [4.69, 9.17) is 36.0 Å². The van der Waals surface area contributed by atoms with Crippen LogP contribution in [0.4, 0.5) is 40.8 Å². The Morgan fingerprint density at radius 3 is 2.07 bits per heavy atom. The summed E-state index contributed by atoms with van der Waals surface area (Å²) < 4.78 is 124. The number of aliphatic carboxylic acids is 1. The van der Waals surface area contributed by atoms with Crippen molar-refractivity contribution in [1.29, 1.82) is 0 Å². The van der Waals surface area contributed by atoms with Crippen molar-refractivity contribution in [2.75, 3.05) is 24.3 Å². The minimum atomic E-state index is -4.69. The van der Waals surface area contributed by atoms with E-state index in [0.717, 1.165) is 19.2 Å². The van der Waals surface area contributed by atoms with E-state index in [1.54, 1.807) is 27.7 Å². The maximum absolute atomic E-state index is 14.3. The van der Waals surface area contributed by atoms with Gasteiger partial charge in [0.25, 0.3) is 11.1 Å². The van der Waals surface area contributed by atoms with Gasteiger partial charge in [-0.15, -0.1) is 5.10 Å². The van der Waals surface area contributed by atoms with Gasteiger partial charge in [-0.25, -0.2) is 13.6 Å². The second-order valence-electron chi connectivity index (χ2n) is 12.0. The van der Waals surface area contributed by atoms with E-state index in [1.165, 1.54) is 29.2 Å². The van der Waals surface area contributed by atoms with Gasteiger partial charge in [0.1, 0.15) is 17.3 Å². The summed E-state index contributed by atoms with van der Waals surface area (Å²) in [6.07, 6.45) is -10.3. The average Bonchev–Trinajstić information content (AvgIpc) is 3.68. The number of amides is 1. The Balaban J connectivity index is 0.000000333. The third-order valence-corrected chi connectivity index (χ3v) is 9.16. The van der Waals surface area contributed by atoms with Crippen molar-refractivity contribution < 1.29 is 78.4 Å². The van der Waals surface area contributed by atoms with E-state index in [9.17, 15) is 54.1 Å². The van der Waals surface area contributed by atoms with Gasteiger partial charge in [-0.2, -0.15) is 31.4 Å². The maximum Gasteiger partial charge on any atom is 0.445 e. The molecule has 0 fully saturated rings. The Morgan fingerprint density at radius 1 is 1.02 bits per heavy atom. The summed E-state index contributed by atoms with van der Waals surface area (Å²) in [7, 11) is -3.01. The number of carboxylic acids is 1. The normalized spacial score (nSPS) is 11.7. The van der Waals surface area contributed by atoms with E-state index >= 15 is 0 Å². The van der Waals surface area contributed by atoms with Gasteiger partial charge in [0.15, 0.2) is 12.3 Å². The summed E-state index contributed by atoms with van der Waals surface area (Å²) >= 11 is 8.88. The second kappa shape index (κ2) is 21.3. The molecular formula is C32H33BrClF8N6O9PS. The third-order valence-electron chi connectivity index (χ3n) is 6.58. The fourth-order valence-corrected chi connectivity index (χ4v) is 6.33. The molecule has 0 radical (unpaired) electrons. The number of halogens is 10. The van der Waals surface area contributed by atoms with Crippen molar-refractivity contribution in [1.82, 2.24) is 25.3 Å². The van der Waals surface area contributed by atoms with Crippen LogP contribution in [0.3, 0.4) is 0 Å². The van der Waals surface area contributed by atoms with Crippen molar-refractivity contribution >= 4 is 70.0 Å². The number of hydrogen-bond acceptors (Lipinski definition) is 11. The van der Waals surface area contributed by atoms with Crippen molar-refractivity contribution in [3.63, 3.8) is 0 Å². The zero-order valence-electron chi connectivity index (χ0n) is 30.9. The van der Waals surface area contributed by atoms with Crippen LogP contribution in [-0.4, -0.2) is 84.3 Å². The summed E-state index contributed by atoms with van der Waals surface area (Å²) in [6.45, 7) is 5.76. The highest BCUT2D eigenvalue weighted by Gasteiger charge is 2.39. The van der Waals surface area contributed by atoms with Gasteiger partial charge >= 0.3 is 31.9 Å². The molecule has 0 aliphatic rings. The van der Waals surface area contributed by atoms with Gasteiger partial charge < -0.3 is 29.3 Å². The van der Waals surface area contributed by atoms with Crippen LogP contribution in [0.25, 0.3) is 11.3 Å². The molecule has 0 aliphatic carbocycles. The average molecular weight is 976 g/mol. The van der Waals surface area contributed by atoms with Crippen molar-refractivity contribution in [2.24, 2.45) is 7.05 Å². The minimum absolute atomic E-state index is 0.169. The summed E-state index contributed by atoms with van der Waals surface area (Å²) in [5.74, 6) is -3.82. The molecule has 2 aromatic heterocycles. The zero-order chi connectivity index (χ0) is 45.2. The number of carboxylic acid groups (broad SMARTS) is 1. The summed E-state index contributed by atoms with van der Waals surface area (Å²) in [6, 6.07) is 6.88. The molecule has 0 aliphatic heterocycles. The Labute approximate surface area is 346 Å². The highest BCUT2D eigenvalue weighted by molar-refractivity contribution is 9.10. The number of esters is 1. The molecule has 4 rings (SSSR count). The summed E-state index contributed by atoms with van der Waals surface area (Å²) in [4.78, 5) is 51.8. The molecule has 0 bridgehead atoms. The van der Waals surface area contributed by atoms with Crippen LogP contribution < -0.4 is 15.0 Å². The Morgan fingerprint density at radius 2 is 1.61 bits per heavy atom. The van der Waals surface area contributed by atoms with Gasteiger partial charge in [0.2, 0.25) is 5.01 Å². The number of hydrogen-bond donors (Lipinski definition) is 4. The zero-order valence-corrected chi connectivity index (χ0v) is 35.0. The Bertz CT molecular complexity index is 2130. The van der Waals surface area contributed by atoms with E-state index in [0.29, 0.717) is 10.4 Å². The van der Waals surface area contributed by atoms with Crippen molar-refractivity contribution in [2.45, 2.75) is 52.2 Å². The van der Waals surface area contributed by atoms with E-state index in [1.807, 2.05) is 0 Å². The predicted octanol–water partition coefficient (Wildman–Crippen LogP) is 7.54. The molecule has 1 amide bonds. The van der Waals surface area contributed by atoms with Crippen LogP contribution in [-0.2, 0) is 38.3 Å². The molecule has 27 heteroatoms. The molecule has 0 unspecified atom stereocenters. The molecule has 15 nitrogen and oxygen atoms in total. The molecule has 2 aromatic carbocycles. The number of carbonyl (C=O) groups excluding carboxylic acids is 2. The molecule has 326 valence electrons. The third kappa shape index (κ3) is 16.0. The lowest BCUT2D eigenvalue weighted by atomic mass is 10.1. The van der Waals surface area contributed by atoms with Crippen molar-refractivity contribution in [3.05, 3.63) is 73.8 Å². The van der Waals surface area contributed by atoms with E-state index in [-0.39, 0.29) is 44.4 Å². The molecule has 4 aromatic rings. The SMILES string of the molecule is CC(C)N(C(=O)COc1nnc(C(F)(F)F)s1)c1ccc(F)cc1.CC(C)OC(=O)c1cc(-c2nn(C)c(C(F)(F)F)c2Br)c(F)cc1Cl.O=C(O)CNCP(=O)(O)O. The largest absolute Gasteiger partial charge is 0.480 e. The Hall–Kier alpha value is -4.26. The number of benzene rings is 2. The lowest BCUT2D eigenvalue weighted by molar-refractivity contribution is -0.144. The highest BCUT2D eigenvalue weighted by Crippen LogP contribution is 2.41. The lowest BCUT2D eigenvalue weighted by Crippen LogP contribution is -2.40. The first-order valence-corrected chi connectivity index (χ1v) is 19.9. The number of alkyl halides is 6. The van der Waals surface area contributed by atoms with Crippen molar-refractivity contribution in [3.8, 4) is 16.5 Å². The summed E-state index contributed by atoms with van der Waals surface area (Å²) in [5, 5.41) is 18.3. The number of nitrogens with zero attached hydrogens (tertiary/aromatic N) is 5. The number of rotatable bonds is 12. The topological polar surface area (TPSA) is 206 Å². The standard InChI is InChI=1S/C15H12BrClF4N2O2.C14H13F4N3O2S.C3H8NO5P/c1-6(2)25-14(24)7-4-8(10(18)5-9(7)17)12-11(16)13(15(19,20)21)23(3)22-12;1-8(2)21(10-5-3-9(15)4-6-10)11(22)7-23-13-20-19-12(24-13)14(16,17)18;5-3(6)1-4-2-10(7,8)9/h4-6H,1-3H3;3-6,8H,7H2,1-2H3;4H,1-2H2,(H,5,6)(H2,7,8,9). The van der Waals surface area contributed by atoms with Gasteiger partial charge in [-0.3, -0.25) is 24.2 Å². The molecule has 0 spiro atoms. The van der Waals surface area contributed by atoms with Crippen LogP contribution in [0, 0.1) is 11.6 Å². The van der Waals surface area contributed by atoms with Crippen LogP contribution in [0.2, 0.25) is 5.02 Å². The minimum Gasteiger partial charge on any atom is -0.480 e. The fraction of sp³-hybridized carbons (Fsp3) is 0.375. The first kappa shape index (κ1) is 50.9. The van der Waals surface area contributed by atoms with Gasteiger partial charge in [0.05, 0.1) is 34.0 Å². The van der Waals surface area contributed by atoms with Gasteiger partial charge in [-0.1, -0.05) is 28.0 Å². The first-order valence-electron chi connectivity index (χ1n) is 16.1. The Kier molecular flexibility index (Phi) is 18.4. The first-order chi connectivity index (χ1) is 27.0. The highest BCUT2D eigenvalue weighted by atomic mass is 79.9. The number of aryl methyl sites for hydroxylation is 1. The molecule has 0 saturated heterocycles. The number of anilines is 1. The number of carbonyl (C=O) groups is 3. The second-order valence-corrected chi connectivity index (χ2v) is 15.8. The maximum atomic E-state index is 14.3. The molecule has 0 atom stereocenters. The number of aromatic nitrogens is 4. The monoisotopic (exact) mass is 974 g/mol. The number of nitrogens with one attached hydrogen (secondary N) is 1. The number of ether oxygens (including phenoxy) is 2. The van der Waals surface area contributed by atoms with Crippen LogP contribution in [0.1, 0.15) is 48.8 Å². The van der Waals surface area contributed by atoms with Crippen LogP contribution in [0.5, 0.6) is 5.19 Å². The summed E-state index contributed by atoms with van der Waals surface area (Å²) in [5.41, 5.74) is -1.41. The fourth-order valence-electron chi connectivity index (χ4n) is 4.36. The molecule has 2 heterocycles. The van der Waals surface area contributed by atoms with Gasteiger partial charge in [-0.05, 0) is 80.0 Å². The molecular weight excluding hydrogens is 943 g/mol. The van der Waals surface area contributed by atoms with Gasteiger partial charge in [0, 0.05) is 24.3 Å². The molecule has 0 saturated carbocycles.